The van der Waals surface area contributed by atoms with Crippen LogP contribution in [0, 0.1) is 11.7 Å². The highest BCUT2D eigenvalue weighted by atomic mass is 19.3. The summed E-state index contributed by atoms with van der Waals surface area (Å²) in [6.45, 7) is -1.89. The fourth-order valence-corrected chi connectivity index (χ4v) is 5.81. The summed E-state index contributed by atoms with van der Waals surface area (Å²) in [6, 6.07) is 6.73. The molecule has 4 aliphatic rings. The topological polar surface area (TPSA) is 107 Å². The second-order valence-corrected chi connectivity index (χ2v) is 10.3. The quantitative estimate of drug-likeness (QED) is 0.437. The number of rotatable bonds is 8. The van der Waals surface area contributed by atoms with Gasteiger partial charge in [0.2, 0.25) is 5.88 Å². The number of halogens is 3. The molecule has 39 heavy (non-hydrogen) atoms. The Morgan fingerprint density at radius 1 is 1.18 bits per heavy atom. The van der Waals surface area contributed by atoms with Gasteiger partial charge in [-0.3, -0.25) is 9.78 Å². The third-order valence-electron chi connectivity index (χ3n) is 7.91. The van der Waals surface area contributed by atoms with E-state index in [0.29, 0.717) is 54.6 Å². The lowest BCUT2D eigenvalue weighted by atomic mass is 9.85. The first-order chi connectivity index (χ1) is 18.9. The zero-order chi connectivity index (χ0) is 27.0. The van der Waals surface area contributed by atoms with Crippen molar-refractivity contribution in [2.75, 3.05) is 18.5 Å². The van der Waals surface area contributed by atoms with E-state index in [1.807, 2.05) is 12.1 Å². The molecule has 6 heterocycles. The minimum Gasteiger partial charge on any atom is -0.480 e. The molecule has 1 saturated carbocycles. The molecule has 1 amide bonds. The summed E-state index contributed by atoms with van der Waals surface area (Å²) in [7, 11) is 0. The van der Waals surface area contributed by atoms with E-state index in [-0.39, 0.29) is 30.0 Å². The number of anilines is 1. The Hall–Kier alpha value is -3.51. The van der Waals surface area contributed by atoms with Crippen molar-refractivity contribution >= 4 is 22.8 Å². The predicted molar refractivity (Wildman–Crippen MR) is 134 cm³/mol. The molecule has 3 aromatic heterocycles. The number of pyridine rings is 3. The average Bonchev–Trinajstić information content (AvgIpc) is 3.20. The Kier molecular flexibility index (Phi) is 6.98. The zero-order valence-electron chi connectivity index (χ0n) is 21.1. The van der Waals surface area contributed by atoms with Crippen LogP contribution in [0.15, 0.2) is 30.5 Å². The predicted octanol–water partition coefficient (Wildman–Crippen LogP) is 4.15. The van der Waals surface area contributed by atoms with Crippen molar-refractivity contribution in [1.82, 2.24) is 20.3 Å². The Morgan fingerprint density at radius 2 is 2.05 bits per heavy atom. The molecule has 2 saturated heterocycles. The molecule has 0 aromatic carbocycles. The maximum atomic E-state index is 14.9. The van der Waals surface area contributed by atoms with Gasteiger partial charge in [-0.05, 0) is 62.6 Å². The van der Waals surface area contributed by atoms with Crippen LogP contribution in [0.4, 0.5) is 19.0 Å². The van der Waals surface area contributed by atoms with Crippen LogP contribution in [0.1, 0.15) is 43.4 Å². The molecule has 3 aromatic rings. The van der Waals surface area contributed by atoms with Crippen molar-refractivity contribution in [2.45, 2.75) is 63.3 Å². The average molecular weight is 544 g/mol. The lowest BCUT2D eigenvalue weighted by molar-refractivity contribution is -0.118. The van der Waals surface area contributed by atoms with Crippen molar-refractivity contribution in [3.8, 4) is 11.6 Å². The molecule has 9 nitrogen and oxygen atoms in total. The number of carbonyl (C=O) groups excluding carboxylic acids is 1. The summed E-state index contributed by atoms with van der Waals surface area (Å²) in [4.78, 5) is 24.3. The van der Waals surface area contributed by atoms with Gasteiger partial charge in [0.15, 0.2) is 18.2 Å². The van der Waals surface area contributed by atoms with E-state index in [1.54, 1.807) is 0 Å². The first kappa shape index (κ1) is 25.8. The van der Waals surface area contributed by atoms with Crippen LogP contribution >= 0.6 is 0 Å². The minimum atomic E-state index is -3.02. The fourth-order valence-electron chi connectivity index (χ4n) is 5.81. The van der Waals surface area contributed by atoms with Gasteiger partial charge in [0.25, 0.3) is 5.91 Å². The van der Waals surface area contributed by atoms with Gasteiger partial charge in [-0.1, -0.05) is 0 Å². The van der Waals surface area contributed by atoms with Crippen molar-refractivity contribution in [3.63, 3.8) is 0 Å². The molecule has 0 spiro atoms. The van der Waals surface area contributed by atoms with E-state index in [0.717, 1.165) is 37.6 Å². The number of hydrogen-bond acceptors (Lipinski definition) is 8. The van der Waals surface area contributed by atoms with E-state index in [2.05, 4.69) is 30.3 Å². The number of aromatic nitrogens is 3. The first-order valence-corrected chi connectivity index (χ1v) is 13.1. The van der Waals surface area contributed by atoms with Gasteiger partial charge in [-0.2, -0.15) is 8.78 Å². The summed E-state index contributed by atoms with van der Waals surface area (Å²) < 4.78 is 56.5. The number of fused-ring (bicyclic) bond motifs is 6. The molecule has 0 radical (unpaired) electrons. The highest BCUT2D eigenvalue weighted by Gasteiger charge is 2.42. The first-order valence-electron chi connectivity index (χ1n) is 13.1. The highest BCUT2D eigenvalue weighted by molar-refractivity contribution is 5.94. The third-order valence-corrected chi connectivity index (χ3v) is 7.91. The molecule has 206 valence electrons. The smallest absolute Gasteiger partial charge is 0.388 e. The molecule has 12 heteroatoms. The van der Waals surface area contributed by atoms with Crippen LogP contribution < -0.4 is 20.1 Å². The van der Waals surface area contributed by atoms with Gasteiger partial charge in [-0.15, -0.1) is 0 Å². The summed E-state index contributed by atoms with van der Waals surface area (Å²) in [5.41, 5.74) is 1.38. The Balaban J connectivity index is 1.11. The summed E-state index contributed by atoms with van der Waals surface area (Å²) in [5.74, 6) is 0.326. The lowest BCUT2D eigenvalue weighted by Crippen LogP contribution is -2.41. The zero-order valence-corrected chi connectivity index (χ0v) is 21.1. The van der Waals surface area contributed by atoms with Gasteiger partial charge in [-0.25, -0.2) is 14.4 Å². The van der Waals surface area contributed by atoms with Crippen molar-refractivity contribution in [3.05, 3.63) is 47.5 Å². The van der Waals surface area contributed by atoms with E-state index in [1.165, 1.54) is 12.1 Å². The number of nitrogens with one attached hydrogen (secondary N) is 2. The van der Waals surface area contributed by atoms with E-state index in [4.69, 9.17) is 9.47 Å². The van der Waals surface area contributed by atoms with Crippen LogP contribution in [0.5, 0.6) is 11.6 Å². The maximum Gasteiger partial charge on any atom is 0.388 e. The minimum absolute atomic E-state index is 0.00746. The molecular formula is C27H28F3N5O4. The highest BCUT2D eigenvalue weighted by Crippen LogP contribution is 2.42. The summed E-state index contributed by atoms with van der Waals surface area (Å²) >= 11 is 0. The Bertz CT molecular complexity index is 1380. The van der Waals surface area contributed by atoms with Gasteiger partial charge >= 0.3 is 6.61 Å². The molecule has 3 unspecified atom stereocenters. The van der Waals surface area contributed by atoms with E-state index in [9.17, 15) is 18.0 Å². The maximum absolute atomic E-state index is 14.9. The van der Waals surface area contributed by atoms with Crippen LogP contribution in [0.3, 0.4) is 0 Å². The Morgan fingerprint density at radius 3 is 2.87 bits per heavy atom. The number of amides is 1. The standard InChI is InChI=1S/C27H28F3N5O4/c28-18-12-32-20-2-4-23(39-26(29)30)35-24(20)17(18)6-9-27-8-5-15(13-38-27)19(7-10-27)31-11-16-1-3-21-25(33-16)34-22(36)14-37-21/h1-4,12,15,19,26,31H,5-11,13-14H2,(H,33,34,36). The number of alkyl halides is 2. The number of carbonyl (C=O) groups is 1. The fraction of sp³-hybridized carbons (Fsp3) is 0.481. The summed E-state index contributed by atoms with van der Waals surface area (Å²) in [5, 5.41) is 6.36. The molecule has 2 N–H and O–H groups in total. The van der Waals surface area contributed by atoms with Gasteiger partial charge < -0.3 is 24.8 Å². The van der Waals surface area contributed by atoms with Gasteiger partial charge in [0.05, 0.1) is 35.1 Å². The molecule has 3 atom stereocenters. The van der Waals surface area contributed by atoms with Gasteiger partial charge in [0, 0.05) is 24.2 Å². The number of nitrogens with zero attached hydrogens (tertiary/aromatic N) is 3. The van der Waals surface area contributed by atoms with Crippen LogP contribution in [-0.2, 0) is 22.5 Å². The third kappa shape index (κ3) is 5.48. The number of hydrogen-bond donors (Lipinski definition) is 2. The van der Waals surface area contributed by atoms with Crippen molar-refractivity contribution in [1.29, 1.82) is 0 Å². The molecular weight excluding hydrogens is 515 g/mol. The van der Waals surface area contributed by atoms with Crippen molar-refractivity contribution < 1.29 is 32.2 Å². The van der Waals surface area contributed by atoms with Crippen LogP contribution in [-0.4, -0.2) is 52.3 Å². The normalized spacial score (nSPS) is 24.3. The van der Waals surface area contributed by atoms with Crippen LogP contribution in [0.2, 0.25) is 0 Å². The lowest BCUT2D eigenvalue weighted by Gasteiger charge is -2.38. The second kappa shape index (κ2) is 10.6. The Labute approximate surface area is 222 Å². The van der Waals surface area contributed by atoms with E-state index >= 15 is 0 Å². The van der Waals surface area contributed by atoms with Crippen molar-refractivity contribution in [2.24, 2.45) is 5.92 Å². The number of ether oxygens (including phenoxy) is 3. The monoisotopic (exact) mass is 543 g/mol. The number of aryl methyl sites for hydroxylation is 1. The van der Waals surface area contributed by atoms with Gasteiger partial charge in [0.1, 0.15) is 5.82 Å². The van der Waals surface area contributed by atoms with Crippen LogP contribution in [0.25, 0.3) is 11.0 Å². The molecule has 3 aliphatic heterocycles. The molecule has 2 bridgehead atoms. The molecule has 1 aliphatic carbocycles. The molecule has 7 rings (SSSR count). The van der Waals surface area contributed by atoms with E-state index < -0.39 is 18.0 Å². The second-order valence-electron chi connectivity index (χ2n) is 10.3. The largest absolute Gasteiger partial charge is 0.480 e. The summed E-state index contributed by atoms with van der Waals surface area (Å²) in [6.07, 6.45) is 5.58. The molecule has 3 fully saturated rings. The SMILES string of the molecule is O=C1COc2ccc(CNC3CCC4(CCc5c(F)cnc6ccc(OC(F)F)nc56)CCC3CO4)nc2N1.